The second kappa shape index (κ2) is 6.42. The van der Waals surface area contributed by atoms with Gasteiger partial charge in [-0.15, -0.1) is 0 Å². The van der Waals surface area contributed by atoms with Gasteiger partial charge in [0.1, 0.15) is 11.3 Å². The molecule has 3 aromatic heterocycles. The van der Waals surface area contributed by atoms with E-state index in [0.717, 1.165) is 48.2 Å². The van der Waals surface area contributed by atoms with Crippen molar-refractivity contribution in [1.29, 1.82) is 0 Å². The van der Waals surface area contributed by atoms with E-state index in [9.17, 15) is 4.79 Å². The molecular weight excluding hydrogens is 322 g/mol. The Labute approximate surface area is 152 Å². The van der Waals surface area contributed by atoms with Crippen molar-refractivity contribution < 1.29 is 0 Å². The minimum atomic E-state index is 0.0624. The van der Waals surface area contributed by atoms with Gasteiger partial charge in [0, 0.05) is 23.5 Å². The zero-order chi connectivity index (χ0) is 18.1. The molecule has 0 aliphatic heterocycles. The van der Waals surface area contributed by atoms with E-state index in [1.807, 2.05) is 30.3 Å². The van der Waals surface area contributed by atoms with Crippen LogP contribution < -0.4 is 5.56 Å². The molecule has 0 radical (unpaired) electrons. The maximum Gasteiger partial charge on any atom is 0.261 e. The Morgan fingerprint density at radius 3 is 2.92 bits per heavy atom. The number of pyridine rings is 2. The van der Waals surface area contributed by atoms with Crippen molar-refractivity contribution in [3.05, 3.63) is 75.6 Å². The van der Waals surface area contributed by atoms with Gasteiger partial charge in [-0.05, 0) is 54.9 Å². The minimum absolute atomic E-state index is 0.0624. The van der Waals surface area contributed by atoms with Gasteiger partial charge in [0.25, 0.3) is 5.56 Å². The van der Waals surface area contributed by atoms with Crippen molar-refractivity contribution in [2.24, 2.45) is 5.41 Å². The first kappa shape index (κ1) is 16.5. The molecule has 3 heterocycles. The van der Waals surface area contributed by atoms with Crippen LogP contribution in [0.2, 0.25) is 0 Å². The van der Waals surface area contributed by atoms with Crippen molar-refractivity contribution in [2.45, 2.75) is 39.5 Å². The molecular formula is C22H21N3O. The minimum Gasteiger partial charge on any atom is -0.269 e. The Balaban J connectivity index is 1.77. The highest BCUT2D eigenvalue weighted by molar-refractivity contribution is 5.50. The normalized spacial score (nSPS) is 18.8. The lowest BCUT2D eigenvalue weighted by Crippen LogP contribution is -2.32. The molecule has 1 aliphatic rings. The van der Waals surface area contributed by atoms with Gasteiger partial charge in [-0.1, -0.05) is 32.3 Å². The van der Waals surface area contributed by atoms with Gasteiger partial charge < -0.3 is 0 Å². The predicted octanol–water partition coefficient (Wildman–Crippen LogP) is 3.39. The van der Waals surface area contributed by atoms with E-state index in [-0.39, 0.29) is 11.0 Å². The van der Waals surface area contributed by atoms with Crippen LogP contribution in [0.15, 0.2) is 47.5 Å². The van der Waals surface area contributed by atoms with Crippen molar-refractivity contribution in [3.63, 3.8) is 0 Å². The van der Waals surface area contributed by atoms with Crippen LogP contribution in [0, 0.1) is 17.3 Å². The van der Waals surface area contributed by atoms with Crippen LogP contribution in [-0.4, -0.2) is 14.4 Å². The Bertz CT molecular complexity index is 1090. The first-order chi connectivity index (χ1) is 12.6. The quantitative estimate of drug-likeness (QED) is 0.636. The highest BCUT2D eigenvalue weighted by atomic mass is 16.1. The number of nitrogens with zero attached hydrogens (tertiary/aromatic N) is 3. The first-order valence-corrected chi connectivity index (χ1v) is 9.05. The summed E-state index contributed by atoms with van der Waals surface area (Å²) in [6.07, 6.45) is 7.34. The monoisotopic (exact) mass is 343 g/mol. The topological polar surface area (TPSA) is 47.3 Å². The molecule has 1 aliphatic carbocycles. The van der Waals surface area contributed by atoms with Crippen molar-refractivity contribution in [3.8, 4) is 11.8 Å². The van der Waals surface area contributed by atoms with Gasteiger partial charge in [0.15, 0.2) is 0 Å². The molecule has 26 heavy (non-hydrogen) atoms. The summed E-state index contributed by atoms with van der Waals surface area (Å²) in [6, 6.07) is 9.39. The summed E-state index contributed by atoms with van der Waals surface area (Å²) in [4.78, 5) is 21.9. The van der Waals surface area contributed by atoms with E-state index in [1.165, 1.54) is 0 Å². The molecule has 0 bridgehead atoms. The third-order valence-electron chi connectivity index (χ3n) is 5.44. The summed E-state index contributed by atoms with van der Waals surface area (Å²) < 4.78 is 1.64. The lowest BCUT2D eigenvalue weighted by molar-refractivity contribution is 0.263. The van der Waals surface area contributed by atoms with Gasteiger partial charge in [-0.2, -0.15) is 0 Å². The van der Waals surface area contributed by atoms with Crippen LogP contribution in [-0.2, 0) is 12.8 Å². The third kappa shape index (κ3) is 3.01. The summed E-state index contributed by atoms with van der Waals surface area (Å²) >= 11 is 0. The maximum absolute atomic E-state index is 12.8. The summed E-state index contributed by atoms with van der Waals surface area (Å²) in [6.45, 7) is 4.50. The van der Waals surface area contributed by atoms with Crippen LogP contribution in [0.25, 0.3) is 5.65 Å². The number of rotatable bonds is 1. The molecule has 130 valence electrons. The Morgan fingerprint density at radius 1 is 1.27 bits per heavy atom. The fourth-order valence-corrected chi connectivity index (χ4v) is 3.49. The molecule has 3 aromatic rings. The fourth-order valence-electron chi connectivity index (χ4n) is 3.49. The molecule has 0 N–H and O–H groups in total. The molecule has 4 nitrogen and oxygen atoms in total. The lowest BCUT2D eigenvalue weighted by Gasteiger charge is -2.33. The van der Waals surface area contributed by atoms with E-state index in [2.05, 4.69) is 30.7 Å². The first-order valence-electron chi connectivity index (χ1n) is 9.05. The molecule has 0 spiro atoms. The molecule has 0 aromatic carbocycles. The van der Waals surface area contributed by atoms with Crippen molar-refractivity contribution in [1.82, 2.24) is 14.4 Å². The number of hydrogen-bond donors (Lipinski definition) is 0. The Morgan fingerprint density at radius 2 is 2.15 bits per heavy atom. The molecule has 0 amide bonds. The van der Waals surface area contributed by atoms with Crippen LogP contribution in [0.5, 0.6) is 0 Å². The molecule has 0 saturated carbocycles. The Hall–Kier alpha value is -2.93. The highest BCUT2D eigenvalue weighted by Crippen LogP contribution is 2.36. The van der Waals surface area contributed by atoms with Gasteiger partial charge in [0.05, 0.1) is 5.69 Å². The van der Waals surface area contributed by atoms with Crippen molar-refractivity contribution in [2.75, 3.05) is 0 Å². The average molecular weight is 343 g/mol. The van der Waals surface area contributed by atoms with Crippen LogP contribution in [0.3, 0.4) is 0 Å². The Kier molecular flexibility index (Phi) is 4.08. The zero-order valence-corrected chi connectivity index (χ0v) is 15.1. The van der Waals surface area contributed by atoms with Gasteiger partial charge in [-0.25, -0.2) is 9.97 Å². The molecule has 4 rings (SSSR count). The van der Waals surface area contributed by atoms with E-state index in [0.29, 0.717) is 5.65 Å². The van der Waals surface area contributed by atoms with Gasteiger partial charge in [0.2, 0.25) is 0 Å². The smallest absolute Gasteiger partial charge is 0.261 e. The van der Waals surface area contributed by atoms with E-state index in [1.54, 1.807) is 16.8 Å². The SMILES string of the molecule is CCC1(C)CCc2c(nc3cc(C#Cc4ccccn4)ccn3c2=O)C1. The lowest BCUT2D eigenvalue weighted by atomic mass is 9.73. The highest BCUT2D eigenvalue weighted by Gasteiger charge is 2.31. The molecule has 1 unspecified atom stereocenters. The van der Waals surface area contributed by atoms with E-state index in [4.69, 9.17) is 4.98 Å². The average Bonchev–Trinajstić information content (AvgIpc) is 2.67. The number of fused-ring (bicyclic) bond motifs is 2. The largest absolute Gasteiger partial charge is 0.269 e. The standard InChI is InChI=1S/C22H21N3O/c1-3-22(2)11-9-18-19(15-22)24-20-14-16(10-13-25(20)21(18)26)7-8-17-6-4-5-12-23-17/h4-6,10,12-14H,3,9,11,15H2,1-2H3. The number of aromatic nitrogens is 3. The van der Waals surface area contributed by atoms with Crippen molar-refractivity contribution >= 4 is 5.65 Å². The molecule has 4 heteroatoms. The van der Waals surface area contributed by atoms with Gasteiger partial charge >= 0.3 is 0 Å². The molecule has 0 fully saturated rings. The molecule has 0 saturated heterocycles. The van der Waals surface area contributed by atoms with E-state index >= 15 is 0 Å². The van der Waals surface area contributed by atoms with Crippen LogP contribution >= 0.6 is 0 Å². The van der Waals surface area contributed by atoms with Crippen LogP contribution in [0.4, 0.5) is 0 Å². The molecule has 1 atom stereocenters. The second-order valence-electron chi connectivity index (χ2n) is 7.29. The summed E-state index contributed by atoms with van der Waals surface area (Å²) in [7, 11) is 0. The van der Waals surface area contributed by atoms with E-state index < -0.39 is 0 Å². The maximum atomic E-state index is 12.8. The second-order valence-corrected chi connectivity index (χ2v) is 7.29. The zero-order valence-electron chi connectivity index (χ0n) is 15.1. The van der Waals surface area contributed by atoms with Crippen LogP contribution in [0.1, 0.15) is 49.2 Å². The summed E-state index contributed by atoms with van der Waals surface area (Å²) in [5.41, 5.74) is 4.36. The third-order valence-corrected chi connectivity index (χ3v) is 5.44. The fraction of sp³-hybridized carbons (Fsp3) is 0.318. The number of hydrogen-bond acceptors (Lipinski definition) is 3. The summed E-state index contributed by atoms with van der Waals surface area (Å²) in [5.74, 6) is 6.16. The predicted molar refractivity (Wildman–Crippen MR) is 102 cm³/mol. The van der Waals surface area contributed by atoms with Gasteiger partial charge in [-0.3, -0.25) is 9.20 Å². The summed E-state index contributed by atoms with van der Waals surface area (Å²) in [5, 5.41) is 0.